The minimum absolute atomic E-state index is 0.0614. The molecule has 3 rings (SSSR count). The number of hydrogen-bond donors (Lipinski definition) is 1. The fourth-order valence-electron chi connectivity index (χ4n) is 2.30. The van der Waals surface area contributed by atoms with Crippen LogP contribution in [0.4, 0.5) is 10.5 Å². The Labute approximate surface area is 135 Å². The smallest absolute Gasteiger partial charge is 0.321 e. The molecule has 4 nitrogen and oxygen atoms in total. The molecule has 0 radical (unpaired) electrons. The van der Waals surface area contributed by atoms with Gasteiger partial charge in [-0.3, -0.25) is 0 Å². The van der Waals surface area contributed by atoms with Crippen LogP contribution in [-0.4, -0.2) is 25.1 Å². The average molecular weight is 367 g/mol. The molecule has 1 aliphatic rings. The first-order valence-corrected chi connectivity index (χ1v) is 8.29. The number of hydrogen-bond acceptors (Lipinski definition) is 3. The number of methoxy groups -OCH3 is 1. The predicted molar refractivity (Wildman–Crippen MR) is 88.6 cm³/mol. The molecule has 2 aromatic rings. The van der Waals surface area contributed by atoms with Crippen LogP contribution >= 0.6 is 27.3 Å². The average Bonchev–Trinajstić information content (AvgIpc) is 2.96. The van der Waals surface area contributed by atoms with Gasteiger partial charge >= 0.3 is 6.03 Å². The molecule has 0 saturated carbocycles. The first-order valence-electron chi connectivity index (χ1n) is 6.50. The Morgan fingerprint density at radius 3 is 2.95 bits per heavy atom. The van der Waals surface area contributed by atoms with E-state index in [1.54, 1.807) is 30.4 Å². The summed E-state index contributed by atoms with van der Waals surface area (Å²) in [7, 11) is 3.47. The minimum atomic E-state index is -0.0614. The Hall–Kier alpha value is -1.53. The van der Waals surface area contributed by atoms with Gasteiger partial charge in [0.25, 0.3) is 0 Å². The summed E-state index contributed by atoms with van der Waals surface area (Å²) in [6.45, 7) is 0.627. The van der Waals surface area contributed by atoms with Crippen LogP contribution in [0.1, 0.15) is 20.8 Å². The molecule has 0 aliphatic carbocycles. The Balaban J connectivity index is 1.89. The number of carbonyl (C=O) groups is 1. The van der Waals surface area contributed by atoms with E-state index in [0.717, 1.165) is 17.0 Å². The van der Waals surface area contributed by atoms with E-state index in [1.807, 2.05) is 23.6 Å². The van der Waals surface area contributed by atoms with Crippen molar-refractivity contribution in [3.05, 3.63) is 45.6 Å². The van der Waals surface area contributed by atoms with Crippen molar-refractivity contribution in [1.29, 1.82) is 0 Å². The van der Waals surface area contributed by atoms with Gasteiger partial charge in [-0.25, -0.2) is 4.79 Å². The van der Waals surface area contributed by atoms with Gasteiger partial charge in [0.1, 0.15) is 5.75 Å². The number of halogens is 1. The number of carbonyl (C=O) groups excluding carboxylic acids is 1. The lowest BCUT2D eigenvalue weighted by molar-refractivity contribution is 0.218. The normalized spacial score (nSPS) is 15.4. The van der Waals surface area contributed by atoms with Crippen molar-refractivity contribution in [2.75, 3.05) is 19.5 Å². The maximum Gasteiger partial charge on any atom is 0.321 e. The van der Waals surface area contributed by atoms with Crippen molar-refractivity contribution in [2.24, 2.45) is 0 Å². The van der Waals surface area contributed by atoms with Gasteiger partial charge in [0, 0.05) is 29.5 Å². The van der Waals surface area contributed by atoms with E-state index in [1.165, 1.54) is 10.4 Å². The third-order valence-electron chi connectivity index (χ3n) is 3.50. The number of rotatable bonds is 3. The van der Waals surface area contributed by atoms with Crippen LogP contribution in [-0.2, 0) is 6.54 Å². The topological polar surface area (TPSA) is 41.6 Å². The van der Waals surface area contributed by atoms with Crippen LogP contribution in [0.15, 0.2) is 29.6 Å². The molecule has 6 heteroatoms. The molecule has 1 aromatic carbocycles. The predicted octanol–water partition coefficient (Wildman–Crippen LogP) is 4.22. The fourth-order valence-corrected chi connectivity index (χ4v) is 3.90. The number of urea groups is 1. The van der Waals surface area contributed by atoms with Crippen LogP contribution in [0.5, 0.6) is 5.75 Å². The Kier molecular flexibility index (Phi) is 3.91. The Morgan fingerprint density at radius 2 is 2.24 bits per heavy atom. The zero-order valence-corrected chi connectivity index (χ0v) is 14.1. The van der Waals surface area contributed by atoms with Crippen molar-refractivity contribution < 1.29 is 9.53 Å². The molecule has 21 heavy (non-hydrogen) atoms. The lowest BCUT2D eigenvalue weighted by Crippen LogP contribution is -2.35. The number of nitrogens with zero attached hydrogens (tertiary/aromatic N) is 1. The number of nitrogens with one attached hydrogen (secondary N) is 1. The molecular formula is C15H15BrN2O2S. The highest BCUT2D eigenvalue weighted by molar-refractivity contribution is 9.09. The third kappa shape index (κ3) is 2.78. The molecule has 1 unspecified atom stereocenters. The second-order valence-electron chi connectivity index (χ2n) is 4.95. The highest BCUT2D eigenvalue weighted by Gasteiger charge is 2.21. The van der Waals surface area contributed by atoms with E-state index in [4.69, 9.17) is 4.74 Å². The number of fused-ring (bicyclic) bond motifs is 1. The van der Waals surface area contributed by atoms with E-state index in [0.29, 0.717) is 6.54 Å². The maximum absolute atomic E-state index is 11.6. The van der Waals surface area contributed by atoms with Crippen molar-refractivity contribution in [3.63, 3.8) is 0 Å². The van der Waals surface area contributed by atoms with Crippen molar-refractivity contribution >= 4 is 39.0 Å². The SMILES string of the molecule is COc1csc(C(Br)c2ccc3c(c2)CN(C)C(=O)N3)c1. The first kappa shape index (κ1) is 14.4. The molecule has 1 N–H and O–H groups in total. The van der Waals surface area contributed by atoms with Crippen LogP contribution in [0, 0.1) is 0 Å². The third-order valence-corrected chi connectivity index (χ3v) is 5.80. The fraction of sp³-hybridized carbons (Fsp3) is 0.267. The largest absolute Gasteiger partial charge is 0.496 e. The van der Waals surface area contributed by atoms with Gasteiger partial charge in [-0.1, -0.05) is 28.1 Å². The second-order valence-corrected chi connectivity index (χ2v) is 6.81. The van der Waals surface area contributed by atoms with E-state index in [2.05, 4.69) is 27.3 Å². The molecule has 1 atom stereocenters. The van der Waals surface area contributed by atoms with E-state index in [9.17, 15) is 4.79 Å². The summed E-state index contributed by atoms with van der Waals surface area (Å²) in [6.07, 6.45) is 0. The minimum Gasteiger partial charge on any atom is -0.496 e. The number of thiophene rings is 1. The van der Waals surface area contributed by atoms with Crippen LogP contribution in [0.3, 0.4) is 0 Å². The van der Waals surface area contributed by atoms with Gasteiger partial charge in [0.15, 0.2) is 0 Å². The molecule has 0 saturated heterocycles. The van der Waals surface area contributed by atoms with Crippen LogP contribution < -0.4 is 10.1 Å². The standard InChI is InChI=1S/C15H15BrN2O2S/c1-18-7-10-5-9(3-4-12(10)17-15(18)19)14(16)13-6-11(20-2)8-21-13/h3-6,8,14H,7H2,1-2H3,(H,17,19). The van der Waals surface area contributed by atoms with E-state index in [-0.39, 0.29) is 10.9 Å². The highest BCUT2D eigenvalue weighted by Crippen LogP contribution is 2.38. The summed E-state index contributed by atoms with van der Waals surface area (Å²) in [5, 5.41) is 4.88. The van der Waals surface area contributed by atoms with Crippen LogP contribution in [0.2, 0.25) is 0 Å². The quantitative estimate of drug-likeness (QED) is 0.826. The monoisotopic (exact) mass is 366 g/mol. The maximum atomic E-state index is 11.6. The molecule has 2 amide bonds. The highest BCUT2D eigenvalue weighted by atomic mass is 79.9. The molecule has 0 fully saturated rings. The summed E-state index contributed by atoms with van der Waals surface area (Å²) in [5.74, 6) is 0.879. The Bertz CT molecular complexity index is 686. The summed E-state index contributed by atoms with van der Waals surface area (Å²) < 4.78 is 5.23. The Morgan fingerprint density at radius 1 is 1.43 bits per heavy atom. The zero-order valence-electron chi connectivity index (χ0n) is 11.7. The van der Waals surface area contributed by atoms with E-state index >= 15 is 0 Å². The van der Waals surface area contributed by atoms with Crippen LogP contribution in [0.25, 0.3) is 0 Å². The summed E-state index contributed by atoms with van der Waals surface area (Å²) in [6, 6.07) is 8.12. The number of alkyl halides is 1. The first-order chi connectivity index (χ1) is 10.1. The van der Waals surface area contributed by atoms with Gasteiger partial charge in [0.05, 0.1) is 11.9 Å². The number of amides is 2. The van der Waals surface area contributed by atoms with Gasteiger partial charge in [-0.2, -0.15) is 0 Å². The van der Waals surface area contributed by atoms with Crippen molar-refractivity contribution in [3.8, 4) is 5.75 Å². The second kappa shape index (κ2) is 5.69. The number of benzene rings is 1. The zero-order chi connectivity index (χ0) is 15.0. The van der Waals surface area contributed by atoms with Gasteiger partial charge in [0.2, 0.25) is 0 Å². The molecule has 0 bridgehead atoms. The lowest BCUT2D eigenvalue weighted by Gasteiger charge is -2.26. The molecule has 1 aromatic heterocycles. The number of ether oxygens (including phenoxy) is 1. The summed E-state index contributed by atoms with van der Waals surface area (Å²) in [5.41, 5.74) is 3.19. The molecule has 110 valence electrons. The van der Waals surface area contributed by atoms with Crippen molar-refractivity contribution in [2.45, 2.75) is 11.4 Å². The van der Waals surface area contributed by atoms with Gasteiger partial charge in [-0.05, 0) is 23.3 Å². The van der Waals surface area contributed by atoms with Gasteiger partial charge < -0.3 is 15.0 Å². The molecular weight excluding hydrogens is 352 g/mol. The van der Waals surface area contributed by atoms with E-state index < -0.39 is 0 Å². The number of anilines is 1. The lowest BCUT2D eigenvalue weighted by atomic mass is 10.0. The summed E-state index contributed by atoms with van der Waals surface area (Å²) >= 11 is 5.41. The van der Waals surface area contributed by atoms with Gasteiger partial charge in [-0.15, -0.1) is 11.3 Å². The molecule has 0 spiro atoms. The van der Waals surface area contributed by atoms with Crippen molar-refractivity contribution in [1.82, 2.24) is 4.90 Å². The molecule has 1 aliphatic heterocycles. The molecule has 2 heterocycles. The summed E-state index contributed by atoms with van der Waals surface area (Å²) in [4.78, 5) is 14.6.